The Morgan fingerprint density at radius 2 is 2.13 bits per heavy atom. The number of sulfone groups is 1. The Labute approximate surface area is 140 Å². The SMILES string of the molecule is Cc1c(Cl)cccc1Nc1nccc(NC2CCS(=O)(=O)C2)n1. The second-order valence-corrected chi connectivity index (χ2v) is 8.18. The van der Waals surface area contributed by atoms with Gasteiger partial charge in [0.15, 0.2) is 9.84 Å². The van der Waals surface area contributed by atoms with Crippen LogP contribution in [0.2, 0.25) is 5.02 Å². The van der Waals surface area contributed by atoms with E-state index in [9.17, 15) is 8.42 Å². The van der Waals surface area contributed by atoms with Gasteiger partial charge in [-0.2, -0.15) is 4.98 Å². The smallest absolute Gasteiger partial charge is 0.229 e. The Hall–Kier alpha value is -1.86. The average Bonchev–Trinajstić information content (AvgIpc) is 2.83. The second-order valence-electron chi connectivity index (χ2n) is 5.55. The third-order valence-electron chi connectivity index (χ3n) is 3.75. The summed E-state index contributed by atoms with van der Waals surface area (Å²) in [6.45, 7) is 1.91. The fraction of sp³-hybridized carbons (Fsp3) is 0.333. The Bertz CT molecular complexity index is 826. The molecule has 2 aromatic rings. The maximum atomic E-state index is 11.5. The zero-order valence-electron chi connectivity index (χ0n) is 12.6. The summed E-state index contributed by atoms with van der Waals surface area (Å²) in [5.74, 6) is 1.40. The van der Waals surface area contributed by atoms with Gasteiger partial charge in [-0.05, 0) is 37.1 Å². The fourth-order valence-electron chi connectivity index (χ4n) is 2.48. The molecule has 122 valence electrons. The molecule has 0 amide bonds. The van der Waals surface area contributed by atoms with Gasteiger partial charge < -0.3 is 10.6 Å². The maximum Gasteiger partial charge on any atom is 0.229 e. The van der Waals surface area contributed by atoms with Gasteiger partial charge in [0.25, 0.3) is 0 Å². The largest absolute Gasteiger partial charge is 0.366 e. The number of benzene rings is 1. The maximum absolute atomic E-state index is 11.5. The van der Waals surface area contributed by atoms with Crippen molar-refractivity contribution < 1.29 is 8.42 Å². The van der Waals surface area contributed by atoms with Crippen molar-refractivity contribution in [2.75, 3.05) is 22.1 Å². The van der Waals surface area contributed by atoms with E-state index < -0.39 is 9.84 Å². The van der Waals surface area contributed by atoms with Gasteiger partial charge in [0.05, 0.1) is 11.5 Å². The van der Waals surface area contributed by atoms with Crippen molar-refractivity contribution in [3.05, 3.63) is 41.0 Å². The molecule has 1 saturated heterocycles. The van der Waals surface area contributed by atoms with Crippen LogP contribution in [-0.4, -0.2) is 35.9 Å². The van der Waals surface area contributed by atoms with Crippen LogP contribution in [-0.2, 0) is 9.84 Å². The van der Waals surface area contributed by atoms with Gasteiger partial charge in [-0.15, -0.1) is 0 Å². The quantitative estimate of drug-likeness (QED) is 0.880. The van der Waals surface area contributed by atoms with Crippen LogP contribution < -0.4 is 10.6 Å². The van der Waals surface area contributed by atoms with Crippen LogP contribution in [0.5, 0.6) is 0 Å². The van der Waals surface area contributed by atoms with Crippen molar-refractivity contribution in [2.24, 2.45) is 0 Å². The first-order valence-corrected chi connectivity index (χ1v) is 9.45. The number of halogens is 1. The fourth-order valence-corrected chi connectivity index (χ4v) is 4.33. The number of rotatable bonds is 4. The van der Waals surface area contributed by atoms with Crippen LogP contribution in [0.3, 0.4) is 0 Å². The van der Waals surface area contributed by atoms with Gasteiger partial charge >= 0.3 is 0 Å². The van der Waals surface area contributed by atoms with E-state index in [4.69, 9.17) is 11.6 Å². The van der Waals surface area contributed by atoms with E-state index in [1.54, 1.807) is 12.3 Å². The summed E-state index contributed by atoms with van der Waals surface area (Å²) >= 11 is 6.10. The molecule has 1 atom stereocenters. The van der Waals surface area contributed by atoms with Crippen LogP contribution in [0.1, 0.15) is 12.0 Å². The summed E-state index contributed by atoms with van der Waals surface area (Å²) < 4.78 is 23.0. The minimum atomic E-state index is -2.92. The molecule has 0 aliphatic carbocycles. The molecule has 0 radical (unpaired) electrons. The molecular formula is C15H17ClN4O2S. The zero-order valence-corrected chi connectivity index (χ0v) is 14.2. The first kappa shape index (κ1) is 16.0. The molecule has 2 N–H and O–H groups in total. The summed E-state index contributed by atoms with van der Waals surface area (Å²) in [6.07, 6.45) is 2.23. The molecule has 8 heteroatoms. The van der Waals surface area contributed by atoms with Crippen molar-refractivity contribution >= 4 is 38.9 Å². The molecule has 0 bridgehead atoms. The topological polar surface area (TPSA) is 84.0 Å². The van der Waals surface area contributed by atoms with Crippen molar-refractivity contribution in [1.29, 1.82) is 0 Å². The van der Waals surface area contributed by atoms with Gasteiger partial charge in [-0.1, -0.05) is 17.7 Å². The highest BCUT2D eigenvalue weighted by Gasteiger charge is 2.27. The van der Waals surface area contributed by atoms with Crippen molar-refractivity contribution in [3.63, 3.8) is 0 Å². The molecule has 3 rings (SSSR count). The number of nitrogens with zero attached hydrogens (tertiary/aromatic N) is 2. The zero-order chi connectivity index (χ0) is 16.4. The van der Waals surface area contributed by atoms with Crippen LogP contribution in [0.25, 0.3) is 0 Å². The number of nitrogens with one attached hydrogen (secondary N) is 2. The molecule has 1 aromatic carbocycles. The Balaban J connectivity index is 1.74. The lowest BCUT2D eigenvalue weighted by molar-refractivity contribution is 0.602. The highest BCUT2D eigenvalue weighted by molar-refractivity contribution is 7.91. The van der Waals surface area contributed by atoms with E-state index in [0.717, 1.165) is 11.3 Å². The van der Waals surface area contributed by atoms with E-state index in [1.165, 1.54) is 0 Å². The molecule has 23 heavy (non-hydrogen) atoms. The molecule has 2 heterocycles. The molecule has 1 aromatic heterocycles. The van der Waals surface area contributed by atoms with Crippen molar-refractivity contribution in [2.45, 2.75) is 19.4 Å². The van der Waals surface area contributed by atoms with Gasteiger partial charge in [-0.3, -0.25) is 0 Å². The number of anilines is 3. The van der Waals surface area contributed by atoms with Gasteiger partial charge in [-0.25, -0.2) is 13.4 Å². The minimum absolute atomic E-state index is 0.101. The normalized spacial score (nSPS) is 19.5. The molecule has 0 saturated carbocycles. The molecule has 1 aliphatic rings. The molecule has 0 spiro atoms. The molecule has 6 nitrogen and oxygen atoms in total. The third-order valence-corrected chi connectivity index (χ3v) is 5.93. The lowest BCUT2D eigenvalue weighted by Gasteiger charge is -2.13. The Morgan fingerprint density at radius 1 is 1.30 bits per heavy atom. The van der Waals surface area contributed by atoms with Crippen LogP contribution in [0.4, 0.5) is 17.5 Å². The summed E-state index contributed by atoms with van der Waals surface area (Å²) in [6, 6.07) is 7.19. The van der Waals surface area contributed by atoms with Gasteiger partial charge in [0.1, 0.15) is 5.82 Å². The van der Waals surface area contributed by atoms with E-state index >= 15 is 0 Å². The average molecular weight is 353 g/mol. The molecular weight excluding hydrogens is 336 g/mol. The Morgan fingerprint density at radius 3 is 2.87 bits per heavy atom. The van der Waals surface area contributed by atoms with Crippen molar-refractivity contribution in [1.82, 2.24) is 9.97 Å². The van der Waals surface area contributed by atoms with Crippen LogP contribution in [0.15, 0.2) is 30.5 Å². The third kappa shape index (κ3) is 3.92. The van der Waals surface area contributed by atoms with Crippen LogP contribution >= 0.6 is 11.6 Å². The van der Waals surface area contributed by atoms with Crippen molar-refractivity contribution in [3.8, 4) is 0 Å². The first-order valence-electron chi connectivity index (χ1n) is 7.25. The first-order chi connectivity index (χ1) is 10.9. The predicted molar refractivity (Wildman–Crippen MR) is 92.2 cm³/mol. The van der Waals surface area contributed by atoms with E-state index in [-0.39, 0.29) is 17.5 Å². The number of hydrogen-bond donors (Lipinski definition) is 2. The summed E-state index contributed by atoms with van der Waals surface area (Å²) in [7, 11) is -2.92. The lowest BCUT2D eigenvalue weighted by atomic mass is 10.2. The minimum Gasteiger partial charge on any atom is -0.366 e. The highest BCUT2D eigenvalue weighted by Crippen LogP contribution is 2.25. The predicted octanol–water partition coefficient (Wildman–Crippen LogP) is 2.78. The second kappa shape index (κ2) is 6.33. The van der Waals surface area contributed by atoms with E-state index in [1.807, 2.05) is 25.1 Å². The standard InChI is InChI=1S/C15H17ClN4O2S/c1-10-12(16)3-2-4-13(10)19-15-17-7-5-14(20-15)18-11-6-8-23(21,22)9-11/h2-5,7,11H,6,8-9H2,1H3,(H2,17,18,19,20). The summed E-state index contributed by atoms with van der Waals surface area (Å²) in [4.78, 5) is 8.56. The van der Waals surface area contributed by atoms with Gasteiger partial charge in [0.2, 0.25) is 5.95 Å². The molecule has 1 unspecified atom stereocenters. The highest BCUT2D eigenvalue weighted by atomic mass is 35.5. The number of aromatic nitrogens is 2. The molecule has 1 fully saturated rings. The van der Waals surface area contributed by atoms with E-state index in [0.29, 0.717) is 23.2 Å². The summed E-state index contributed by atoms with van der Waals surface area (Å²) in [5, 5.41) is 6.95. The summed E-state index contributed by atoms with van der Waals surface area (Å²) in [5.41, 5.74) is 1.75. The number of hydrogen-bond acceptors (Lipinski definition) is 6. The van der Waals surface area contributed by atoms with Crippen LogP contribution in [0, 0.1) is 6.92 Å². The Kier molecular flexibility index (Phi) is 4.41. The lowest BCUT2D eigenvalue weighted by Crippen LogP contribution is -2.21. The monoisotopic (exact) mass is 352 g/mol. The molecule has 1 aliphatic heterocycles. The van der Waals surface area contributed by atoms with E-state index in [2.05, 4.69) is 20.6 Å². The van der Waals surface area contributed by atoms with Gasteiger partial charge in [0, 0.05) is 22.9 Å².